The molecule has 16 heteroatoms. The van der Waals surface area contributed by atoms with Gasteiger partial charge in [-0.2, -0.15) is 31.7 Å². The predicted molar refractivity (Wildman–Crippen MR) is 160 cm³/mol. The van der Waals surface area contributed by atoms with Gasteiger partial charge in [0.1, 0.15) is 23.1 Å². The highest BCUT2D eigenvalue weighted by molar-refractivity contribution is 7.87. The molecule has 0 aliphatic heterocycles. The third-order valence-electron chi connectivity index (χ3n) is 7.50. The Bertz CT molecular complexity index is 1800. The van der Waals surface area contributed by atoms with Crippen molar-refractivity contribution >= 4 is 29.3 Å². The Morgan fingerprint density at radius 3 is 2.20 bits per heavy atom. The molecule has 4 rings (SSSR count). The maximum atomic E-state index is 15.0. The summed E-state index contributed by atoms with van der Waals surface area (Å²) in [5.74, 6) is -2.92. The van der Waals surface area contributed by atoms with E-state index in [-0.39, 0.29) is 46.7 Å². The van der Waals surface area contributed by atoms with Gasteiger partial charge in [0, 0.05) is 29.1 Å². The van der Waals surface area contributed by atoms with E-state index in [0.717, 1.165) is 18.2 Å². The summed E-state index contributed by atoms with van der Waals surface area (Å²) in [5, 5.41) is 4.60. The lowest BCUT2D eigenvalue weighted by atomic mass is 10.1. The molecule has 0 unspecified atom stereocenters. The van der Waals surface area contributed by atoms with Gasteiger partial charge in [0.25, 0.3) is 0 Å². The van der Waals surface area contributed by atoms with Gasteiger partial charge in [-0.25, -0.2) is 13.8 Å². The van der Waals surface area contributed by atoms with Crippen molar-refractivity contribution in [3.8, 4) is 23.1 Å². The number of rotatable bonds is 10. The molecule has 9 nitrogen and oxygen atoms in total. The van der Waals surface area contributed by atoms with Gasteiger partial charge >= 0.3 is 15.6 Å². The molecule has 244 valence electrons. The minimum absolute atomic E-state index is 0.00739. The lowest BCUT2D eigenvalue weighted by Crippen LogP contribution is -2.41. The van der Waals surface area contributed by atoms with Crippen LogP contribution in [0.2, 0.25) is 18.1 Å². The number of aromatic nitrogens is 4. The number of alkyl halides is 3. The van der Waals surface area contributed by atoms with Crippen LogP contribution in [0, 0.1) is 11.6 Å². The van der Waals surface area contributed by atoms with Crippen molar-refractivity contribution in [1.82, 2.24) is 19.7 Å². The summed E-state index contributed by atoms with van der Waals surface area (Å²) < 4.78 is 111. The molecule has 0 saturated heterocycles. The number of benzene rings is 2. The first kappa shape index (κ1) is 34.2. The average molecular weight is 673 g/mol. The van der Waals surface area contributed by atoms with Gasteiger partial charge in [0.15, 0.2) is 14.1 Å². The normalized spacial score (nSPS) is 13.7. The van der Waals surface area contributed by atoms with Crippen LogP contribution in [-0.2, 0) is 21.1 Å². The fourth-order valence-corrected chi connectivity index (χ4v) is 5.94. The van der Waals surface area contributed by atoms with Crippen molar-refractivity contribution < 1.29 is 43.7 Å². The second-order valence-corrected chi connectivity index (χ2v) is 18.1. The van der Waals surface area contributed by atoms with Gasteiger partial charge < -0.3 is 13.3 Å². The van der Waals surface area contributed by atoms with Crippen LogP contribution in [0.3, 0.4) is 0 Å². The van der Waals surface area contributed by atoms with Gasteiger partial charge in [0.05, 0.1) is 30.5 Å². The van der Waals surface area contributed by atoms with E-state index < -0.39 is 47.6 Å². The number of ether oxygens (including phenoxy) is 1. The van der Waals surface area contributed by atoms with Gasteiger partial charge in [-0.3, -0.25) is 4.68 Å². The summed E-state index contributed by atoms with van der Waals surface area (Å²) in [5.41, 5.74) is -5.59. The summed E-state index contributed by atoms with van der Waals surface area (Å²) in [7, 11) is -8.53. The summed E-state index contributed by atoms with van der Waals surface area (Å²) in [6.07, 6.45) is -0.816. The predicted octanol–water partition coefficient (Wildman–Crippen LogP) is 7.53. The molecule has 4 aromatic rings. The average Bonchev–Trinajstić information content (AvgIpc) is 3.27. The van der Waals surface area contributed by atoms with E-state index in [2.05, 4.69) is 19.2 Å². The molecular weight excluding hydrogens is 639 g/mol. The molecule has 0 saturated carbocycles. The van der Waals surface area contributed by atoms with E-state index in [9.17, 15) is 30.4 Å². The Balaban J connectivity index is 1.87. The lowest BCUT2D eigenvalue weighted by Gasteiger charge is -2.38. The number of fused-ring (bicyclic) bond motifs is 1. The molecule has 0 amide bonds. The topological polar surface area (TPSA) is 105 Å². The Labute approximate surface area is 258 Å². The summed E-state index contributed by atoms with van der Waals surface area (Å²) >= 11 is 0. The lowest BCUT2D eigenvalue weighted by molar-refractivity contribution is -0.0501. The molecule has 1 atom stereocenters. The van der Waals surface area contributed by atoms with Crippen LogP contribution in [-0.4, -0.2) is 48.6 Å². The Hall–Kier alpha value is -3.63. The van der Waals surface area contributed by atoms with E-state index in [1.165, 1.54) is 4.68 Å². The molecule has 2 aromatic heterocycles. The number of para-hydroxylation sites is 1. The van der Waals surface area contributed by atoms with Gasteiger partial charge in [0.2, 0.25) is 5.88 Å². The van der Waals surface area contributed by atoms with Crippen LogP contribution in [0.5, 0.6) is 11.6 Å². The second kappa shape index (κ2) is 12.3. The number of nitrogens with zero attached hydrogens (tertiary/aromatic N) is 4. The van der Waals surface area contributed by atoms with Crippen molar-refractivity contribution in [2.75, 3.05) is 6.61 Å². The fourth-order valence-electron chi connectivity index (χ4n) is 4.18. The molecule has 2 aromatic carbocycles. The number of hydrogen-bond donors (Lipinski definition) is 0. The molecule has 0 fully saturated rings. The second-order valence-electron chi connectivity index (χ2n) is 11.8. The summed E-state index contributed by atoms with van der Waals surface area (Å²) in [6.45, 7) is 13.1. The largest absolute Gasteiger partial charge is 0.534 e. The Kier molecular flexibility index (Phi) is 9.35. The van der Waals surface area contributed by atoms with E-state index in [0.29, 0.717) is 10.9 Å². The van der Waals surface area contributed by atoms with E-state index in [4.69, 9.17) is 9.16 Å². The van der Waals surface area contributed by atoms with Crippen LogP contribution < -0.4 is 8.92 Å². The summed E-state index contributed by atoms with van der Waals surface area (Å²) in [6, 6.07) is 9.60. The maximum absolute atomic E-state index is 15.0. The molecule has 0 aliphatic rings. The molecular formula is C29H33F5N4O5SSi. The van der Waals surface area contributed by atoms with Crippen molar-refractivity contribution in [1.29, 1.82) is 0 Å². The van der Waals surface area contributed by atoms with Crippen molar-refractivity contribution in [3.63, 3.8) is 0 Å². The SMILES string of the molecule is CCOc1cc(F)c(Cn2nc(-c3nc(OS(=O)(=O)C(F)(F)F)cc([C@H](C)O[Si](C)(C)C(C)(C)C)n3)c3ccccc32)c(F)c1. The quantitative estimate of drug-likeness (QED) is 0.0737. The maximum Gasteiger partial charge on any atom is 0.534 e. The van der Waals surface area contributed by atoms with Gasteiger partial charge in [-0.15, -0.1) is 0 Å². The van der Waals surface area contributed by atoms with E-state index in [1.54, 1.807) is 38.1 Å². The minimum atomic E-state index is -6.09. The van der Waals surface area contributed by atoms with E-state index in [1.807, 2.05) is 33.9 Å². The number of hydrogen-bond acceptors (Lipinski definition) is 8. The molecule has 0 radical (unpaired) electrons. The molecule has 0 aliphatic carbocycles. The first-order chi connectivity index (χ1) is 20.7. The standard InChI is InChI=1S/C29H33F5N4O5SSi/c1-8-41-18-13-21(30)20(22(31)14-18)16-38-24-12-10-9-11-19(24)26(37-38)27-35-23(17(2)43-45(6,7)28(3,4)5)15-25(36-27)42-44(39,40)29(32,33)34/h9-15,17H,8,16H2,1-7H3/t17-/m0/s1. The molecule has 0 spiro atoms. The van der Waals surface area contributed by atoms with Crippen LogP contribution in [0.15, 0.2) is 42.5 Å². The Morgan fingerprint density at radius 1 is 1.00 bits per heavy atom. The zero-order chi connectivity index (χ0) is 33.5. The molecule has 0 bridgehead atoms. The smallest absolute Gasteiger partial charge is 0.494 e. The summed E-state index contributed by atoms with van der Waals surface area (Å²) in [4.78, 5) is 8.46. The Morgan fingerprint density at radius 2 is 1.62 bits per heavy atom. The van der Waals surface area contributed by atoms with Gasteiger partial charge in [-0.05, 0) is 38.0 Å². The first-order valence-corrected chi connectivity index (χ1v) is 18.2. The van der Waals surface area contributed by atoms with Gasteiger partial charge in [-0.1, -0.05) is 39.0 Å². The van der Waals surface area contributed by atoms with Crippen molar-refractivity contribution in [2.45, 2.75) is 70.9 Å². The molecule has 45 heavy (non-hydrogen) atoms. The van der Waals surface area contributed by atoms with Crippen LogP contribution in [0.25, 0.3) is 22.4 Å². The highest BCUT2D eigenvalue weighted by atomic mass is 32.2. The van der Waals surface area contributed by atoms with Crippen LogP contribution >= 0.6 is 0 Å². The number of halogens is 5. The highest BCUT2D eigenvalue weighted by Gasteiger charge is 2.49. The highest BCUT2D eigenvalue weighted by Crippen LogP contribution is 2.40. The minimum Gasteiger partial charge on any atom is -0.494 e. The van der Waals surface area contributed by atoms with Crippen molar-refractivity contribution in [3.05, 3.63) is 65.4 Å². The van der Waals surface area contributed by atoms with Crippen LogP contribution in [0.1, 0.15) is 52.0 Å². The fraction of sp³-hybridized carbons (Fsp3) is 0.414. The molecule has 2 heterocycles. The van der Waals surface area contributed by atoms with Crippen molar-refractivity contribution in [2.24, 2.45) is 0 Å². The zero-order valence-corrected chi connectivity index (χ0v) is 27.5. The van der Waals surface area contributed by atoms with E-state index >= 15 is 0 Å². The monoisotopic (exact) mass is 672 g/mol. The first-order valence-electron chi connectivity index (χ1n) is 13.9. The molecule has 0 N–H and O–H groups in total. The third-order valence-corrected chi connectivity index (χ3v) is 13.0. The third kappa shape index (κ3) is 7.28. The van der Waals surface area contributed by atoms with Crippen LogP contribution in [0.4, 0.5) is 22.0 Å². The zero-order valence-electron chi connectivity index (χ0n) is 25.7.